The second-order valence-electron chi connectivity index (χ2n) is 3.93. The molecule has 84 valence electrons. The van der Waals surface area contributed by atoms with E-state index < -0.39 is 0 Å². The SMILES string of the molecule is CCCCc1ccc(-c2nnc(C)o2)cc1. The summed E-state index contributed by atoms with van der Waals surface area (Å²) in [4.78, 5) is 0. The molecule has 0 N–H and O–H groups in total. The van der Waals surface area contributed by atoms with Crippen LogP contribution in [0.25, 0.3) is 11.5 Å². The van der Waals surface area contributed by atoms with Gasteiger partial charge < -0.3 is 4.42 Å². The molecule has 0 bridgehead atoms. The predicted molar refractivity (Wildman–Crippen MR) is 63.1 cm³/mol. The van der Waals surface area contributed by atoms with E-state index in [1.165, 1.54) is 18.4 Å². The van der Waals surface area contributed by atoms with Crippen LogP contribution in [0.1, 0.15) is 31.2 Å². The van der Waals surface area contributed by atoms with E-state index in [1.807, 2.05) is 12.1 Å². The van der Waals surface area contributed by atoms with E-state index >= 15 is 0 Å². The summed E-state index contributed by atoms with van der Waals surface area (Å²) in [6.07, 6.45) is 3.60. The fraction of sp³-hybridized carbons (Fsp3) is 0.385. The highest BCUT2D eigenvalue weighted by atomic mass is 16.4. The van der Waals surface area contributed by atoms with E-state index in [0.29, 0.717) is 11.8 Å². The van der Waals surface area contributed by atoms with Crippen LogP contribution < -0.4 is 0 Å². The summed E-state index contributed by atoms with van der Waals surface area (Å²) in [6, 6.07) is 8.34. The standard InChI is InChI=1S/C13H16N2O/c1-3-4-5-11-6-8-12(9-7-11)13-15-14-10(2)16-13/h6-9H,3-5H2,1-2H3. The Labute approximate surface area is 95.5 Å². The van der Waals surface area contributed by atoms with Gasteiger partial charge in [-0.2, -0.15) is 0 Å². The van der Waals surface area contributed by atoms with Crippen molar-refractivity contribution in [3.8, 4) is 11.5 Å². The van der Waals surface area contributed by atoms with Crippen LogP contribution in [0.15, 0.2) is 28.7 Å². The molecule has 0 amide bonds. The molecule has 0 saturated heterocycles. The topological polar surface area (TPSA) is 38.9 Å². The maximum Gasteiger partial charge on any atom is 0.247 e. The Bertz CT molecular complexity index is 445. The Kier molecular flexibility index (Phi) is 3.34. The van der Waals surface area contributed by atoms with Crippen LogP contribution in [0.3, 0.4) is 0 Å². The lowest BCUT2D eigenvalue weighted by atomic mass is 10.1. The van der Waals surface area contributed by atoms with Crippen molar-refractivity contribution in [1.82, 2.24) is 10.2 Å². The molecular formula is C13H16N2O. The zero-order chi connectivity index (χ0) is 11.4. The minimum absolute atomic E-state index is 0.597. The third-order valence-corrected chi connectivity index (χ3v) is 2.55. The first-order valence-corrected chi connectivity index (χ1v) is 5.69. The van der Waals surface area contributed by atoms with E-state index in [0.717, 1.165) is 12.0 Å². The van der Waals surface area contributed by atoms with Crippen molar-refractivity contribution < 1.29 is 4.42 Å². The van der Waals surface area contributed by atoms with Crippen molar-refractivity contribution in [2.45, 2.75) is 33.1 Å². The summed E-state index contributed by atoms with van der Waals surface area (Å²) in [6.45, 7) is 4.00. The molecule has 1 aromatic carbocycles. The fourth-order valence-electron chi connectivity index (χ4n) is 1.61. The molecule has 1 heterocycles. The lowest BCUT2D eigenvalue weighted by molar-refractivity contribution is 0.533. The zero-order valence-electron chi connectivity index (χ0n) is 9.73. The molecule has 16 heavy (non-hydrogen) atoms. The summed E-state index contributed by atoms with van der Waals surface area (Å²) in [7, 11) is 0. The number of rotatable bonds is 4. The molecule has 2 rings (SSSR count). The Morgan fingerprint density at radius 1 is 1.12 bits per heavy atom. The van der Waals surface area contributed by atoms with E-state index in [2.05, 4.69) is 29.3 Å². The molecular weight excluding hydrogens is 200 g/mol. The van der Waals surface area contributed by atoms with Gasteiger partial charge in [0.2, 0.25) is 11.8 Å². The average Bonchev–Trinajstić information content (AvgIpc) is 2.74. The van der Waals surface area contributed by atoms with Gasteiger partial charge in [0.25, 0.3) is 0 Å². The normalized spacial score (nSPS) is 10.6. The van der Waals surface area contributed by atoms with Gasteiger partial charge in [0, 0.05) is 12.5 Å². The lowest BCUT2D eigenvalue weighted by Gasteiger charge is -2.00. The zero-order valence-corrected chi connectivity index (χ0v) is 9.73. The van der Waals surface area contributed by atoms with E-state index in [4.69, 9.17) is 4.42 Å². The Morgan fingerprint density at radius 2 is 1.88 bits per heavy atom. The van der Waals surface area contributed by atoms with Gasteiger partial charge in [-0.3, -0.25) is 0 Å². The smallest absolute Gasteiger partial charge is 0.247 e. The molecule has 1 aromatic heterocycles. The fourth-order valence-corrected chi connectivity index (χ4v) is 1.61. The number of unbranched alkanes of at least 4 members (excludes halogenated alkanes) is 1. The van der Waals surface area contributed by atoms with Gasteiger partial charge in [-0.15, -0.1) is 10.2 Å². The highest BCUT2D eigenvalue weighted by Crippen LogP contribution is 2.18. The second-order valence-corrected chi connectivity index (χ2v) is 3.93. The third kappa shape index (κ3) is 2.48. The second kappa shape index (κ2) is 4.92. The first-order valence-electron chi connectivity index (χ1n) is 5.69. The van der Waals surface area contributed by atoms with Crippen LogP contribution in [0, 0.1) is 6.92 Å². The Morgan fingerprint density at radius 3 is 2.44 bits per heavy atom. The highest BCUT2D eigenvalue weighted by molar-refractivity contribution is 5.52. The predicted octanol–water partition coefficient (Wildman–Crippen LogP) is 3.39. The summed E-state index contributed by atoms with van der Waals surface area (Å²) >= 11 is 0. The van der Waals surface area contributed by atoms with Crippen molar-refractivity contribution in [3.63, 3.8) is 0 Å². The molecule has 0 aliphatic rings. The maximum absolute atomic E-state index is 5.37. The molecule has 0 unspecified atom stereocenters. The molecule has 0 spiro atoms. The molecule has 0 fully saturated rings. The van der Waals surface area contributed by atoms with Gasteiger partial charge >= 0.3 is 0 Å². The monoisotopic (exact) mass is 216 g/mol. The Hall–Kier alpha value is -1.64. The van der Waals surface area contributed by atoms with E-state index in [1.54, 1.807) is 6.92 Å². The number of aromatic nitrogens is 2. The largest absolute Gasteiger partial charge is 0.421 e. The van der Waals surface area contributed by atoms with Gasteiger partial charge in [-0.25, -0.2) is 0 Å². The van der Waals surface area contributed by atoms with Crippen LogP contribution in [0.4, 0.5) is 0 Å². The summed E-state index contributed by atoms with van der Waals surface area (Å²) in [5.41, 5.74) is 2.35. The first-order chi connectivity index (χ1) is 7.79. The lowest BCUT2D eigenvalue weighted by Crippen LogP contribution is -1.85. The molecule has 3 nitrogen and oxygen atoms in total. The molecule has 0 aliphatic heterocycles. The van der Waals surface area contributed by atoms with Gasteiger partial charge in [0.05, 0.1) is 0 Å². The minimum atomic E-state index is 0.597. The maximum atomic E-state index is 5.37. The number of hydrogen-bond donors (Lipinski definition) is 0. The summed E-state index contributed by atoms with van der Waals surface area (Å²) < 4.78 is 5.37. The number of benzene rings is 1. The van der Waals surface area contributed by atoms with Crippen LogP contribution >= 0.6 is 0 Å². The summed E-state index contributed by atoms with van der Waals surface area (Å²) in [5, 5.41) is 7.81. The summed E-state index contributed by atoms with van der Waals surface area (Å²) in [5.74, 6) is 1.20. The van der Waals surface area contributed by atoms with Crippen molar-refractivity contribution in [2.24, 2.45) is 0 Å². The minimum Gasteiger partial charge on any atom is -0.421 e. The van der Waals surface area contributed by atoms with Crippen molar-refractivity contribution in [1.29, 1.82) is 0 Å². The molecule has 0 aliphatic carbocycles. The van der Waals surface area contributed by atoms with Crippen molar-refractivity contribution >= 4 is 0 Å². The quantitative estimate of drug-likeness (QED) is 0.786. The van der Waals surface area contributed by atoms with Crippen LogP contribution in [0.5, 0.6) is 0 Å². The Balaban J connectivity index is 2.13. The van der Waals surface area contributed by atoms with Crippen molar-refractivity contribution in [3.05, 3.63) is 35.7 Å². The van der Waals surface area contributed by atoms with Gasteiger partial charge in [0.1, 0.15) is 0 Å². The molecule has 0 atom stereocenters. The van der Waals surface area contributed by atoms with E-state index in [-0.39, 0.29) is 0 Å². The average molecular weight is 216 g/mol. The number of nitrogens with zero attached hydrogens (tertiary/aromatic N) is 2. The number of aryl methyl sites for hydroxylation is 2. The third-order valence-electron chi connectivity index (χ3n) is 2.55. The number of hydrogen-bond acceptors (Lipinski definition) is 3. The van der Waals surface area contributed by atoms with Crippen LogP contribution in [-0.4, -0.2) is 10.2 Å². The molecule has 3 heteroatoms. The van der Waals surface area contributed by atoms with E-state index in [9.17, 15) is 0 Å². The van der Waals surface area contributed by atoms with Gasteiger partial charge in [0.15, 0.2) is 0 Å². The molecule has 2 aromatic rings. The van der Waals surface area contributed by atoms with Crippen molar-refractivity contribution in [2.75, 3.05) is 0 Å². The van der Waals surface area contributed by atoms with Gasteiger partial charge in [-0.1, -0.05) is 25.5 Å². The highest BCUT2D eigenvalue weighted by Gasteiger charge is 2.04. The first kappa shape index (κ1) is 10.9. The molecule has 0 radical (unpaired) electrons. The van der Waals surface area contributed by atoms with Crippen LogP contribution in [-0.2, 0) is 6.42 Å². The van der Waals surface area contributed by atoms with Crippen LogP contribution in [0.2, 0.25) is 0 Å². The van der Waals surface area contributed by atoms with Gasteiger partial charge in [-0.05, 0) is 30.5 Å². The molecule has 0 saturated carbocycles.